The van der Waals surface area contributed by atoms with Crippen LogP contribution >= 0.6 is 11.6 Å². The first kappa shape index (κ1) is 10.9. The SMILES string of the molecule is CC(Cl)c1noc(C2CCCC2(C)C)n1. The molecular weight excluding hydrogens is 212 g/mol. The van der Waals surface area contributed by atoms with Gasteiger partial charge in [-0.15, -0.1) is 11.6 Å². The summed E-state index contributed by atoms with van der Waals surface area (Å²) in [6.07, 6.45) is 3.61. The molecule has 2 rings (SSSR count). The van der Waals surface area contributed by atoms with E-state index >= 15 is 0 Å². The molecule has 0 radical (unpaired) electrons. The molecule has 0 bridgehead atoms. The zero-order valence-corrected chi connectivity index (χ0v) is 10.2. The van der Waals surface area contributed by atoms with Gasteiger partial charge in [-0.25, -0.2) is 0 Å². The molecule has 0 aromatic carbocycles. The molecule has 15 heavy (non-hydrogen) atoms. The van der Waals surface area contributed by atoms with Crippen molar-refractivity contribution in [3.63, 3.8) is 0 Å². The number of halogens is 1. The van der Waals surface area contributed by atoms with Crippen LogP contribution in [0.5, 0.6) is 0 Å². The van der Waals surface area contributed by atoms with Crippen molar-refractivity contribution in [2.24, 2.45) is 5.41 Å². The highest BCUT2D eigenvalue weighted by Gasteiger charge is 2.39. The molecule has 0 spiro atoms. The van der Waals surface area contributed by atoms with Crippen molar-refractivity contribution in [3.8, 4) is 0 Å². The van der Waals surface area contributed by atoms with Gasteiger partial charge in [-0.1, -0.05) is 25.4 Å². The van der Waals surface area contributed by atoms with E-state index in [1.165, 1.54) is 12.8 Å². The van der Waals surface area contributed by atoms with E-state index in [9.17, 15) is 0 Å². The summed E-state index contributed by atoms with van der Waals surface area (Å²) in [6, 6.07) is 0. The summed E-state index contributed by atoms with van der Waals surface area (Å²) < 4.78 is 5.30. The van der Waals surface area contributed by atoms with Crippen LogP contribution in [-0.4, -0.2) is 10.1 Å². The number of hydrogen-bond donors (Lipinski definition) is 0. The van der Waals surface area contributed by atoms with Gasteiger partial charge in [0, 0.05) is 5.92 Å². The van der Waals surface area contributed by atoms with Crippen molar-refractivity contribution in [2.75, 3.05) is 0 Å². The number of alkyl halides is 1. The fourth-order valence-electron chi connectivity index (χ4n) is 2.33. The molecule has 3 nitrogen and oxygen atoms in total. The third kappa shape index (κ3) is 2.03. The fraction of sp³-hybridized carbons (Fsp3) is 0.818. The highest BCUT2D eigenvalue weighted by atomic mass is 35.5. The first-order chi connectivity index (χ1) is 7.00. The second kappa shape index (κ2) is 3.78. The van der Waals surface area contributed by atoms with Gasteiger partial charge in [0.25, 0.3) is 0 Å². The fourth-order valence-corrected chi connectivity index (χ4v) is 2.42. The lowest BCUT2D eigenvalue weighted by molar-refractivity contribution is 0.260. The zero-order valence-electron chi connectivity index (χ0n) is 9.46. The standard InChI is InChI=1S/C11H17ClN2O/c1-7(12)9-13-10(15-14-9)8-5-4-6-11(8,2)3/h7-8H,4-6H2,1-3H3. The Labute approximate surface area is 95.2 Å². The monoisotopic (exact) mass is 228 g/mol. The molecule has 2 unspecified atom stereocenters. The lowest BCUT2D eigenvalue weighted by Gasteiger charge is -2.23. The van der Waals surface area contributed by atoms with E-state index in [1.807, 2.05) is 6.92 Å². The number of rotatable bonds is 2. The van der Waals surface area contributed by atoms with Crippen LogP contribution in [0.15, 0.2) is 4.52 Å². The van der Waals surface area contributed by atoms with Gasteiger partial charge < -0.3 is 4.52 Å². The molecule has 1 aromatic heterocycles. The van der Waals surface area contributed by atoms with Crippen molar-refractivity contribution >= 4 is 11.6 Å². The Morgan fingerprint density at radius 1 is 1.53 bits per heavy atom. The maximum absolute atomic E-state index is 5.91. The number of hydrogen-bond acceptors (Lipinski definition) is 3. The Morgan fingerprint density at radius 3 is 2.73 bits per heavy atom. The van der Waals surface area contributed by atoms with E-state index in [2.05, 4.69) is 24.0 Å². The van der Waals surface area contributed by atoms with Gasteiger partial charge in [0.15, 0.2) is 5.82 Å². The lowest BCUT2D eigenvalue weighted by atomic mass is 9.82. The van der Waals surface area contributed by atoms with Gasteiger partial charge in [-0.05, 0) is 25.2 Å². The Kier molecular flexibility index (Phi) is 2.75. The van der Waals surface area contributed by atoms with Crippen LogP contribution < -0.4 is 0 Å². The van der Waals surface area contributed by atoms with Crippen LogP contribution in [0.4, 0.5) is 0 Å². The topological polar surface area (TPSA) is 38.9 Å². The summed E-state index contributed by atoms with van der Waals surface area (Å²) in [5, 5.41) is 3.73. The Hall–Kier alpha value is -0.570. The van der Waals surface area contributed by atoms with Gasteiger partial charge in [-0.3, -0.25) is 0 Å². The summed E-state index contributed by atoms with van der Waals surface area (Å²) >= 11 is 5.91. The van der Waals surface area contributed by atoms with E-state index in [-0.39, 0.29) is 10.8 Å². The predicted octanol–water partition coefficient (Wildman–Crippen LogP) is 3.66. The Morgan fingerprint density at radius 2 is 2.27 bits per heavy atom. The molecular formula is C11H17ClN2O. The van der Waals surface area contributed by atoms with E-state index in [0.717, 1.165) is 12.3 Å². The summed E-state index contributed by atoms with van der Waals surface area (Å²) in [6.45, 7) is 6.38. The van der Waals surface area contributed by atoms with Crippen LogP contribution in [0.2, 0.25) is 0 Å². The van der Waals surface area contributed by atoms with Crippen molar-refractivity contribution in [1.29, 1.82) is 0 Å². The van der Waals surface area contributed by atoms with Crippen molar-refractivity contribution < 1.29 is 4.52 Å². The Balaban J connectivity index is 2.22. The average Bonchev–Trinajstić information content (AvgIpc) is 2.69. The van der Waals surface area contributed by atoms with Gasteiger partial charge in [-0.2, -0.15) is 4.98 Å². The molecule has 1 aliphatic rings. The second-order valence-electron chi connectivity index (χ2n) is 5.04. The molecule has 0 saturated heterocycles. The van der Waals surface area contributed by atoms with Crippen LogP contribution in [-0.2, 0) is 0 Å². The Bertz CT molecular complexity index is 346. The van der Waals surface area contributed by atoms with Gasteiger partial charge >= 0.3 is 0 Å². The molecule has 1 heterocycles. The first-order valence-electron chi connectivity index (χ1n) is 5.48. The molecule has 0 amide bonds. The number of aromatic nitrogens is 2. The van der Waals surface area contributed by atoms with Gasteiger partial charge in [0.2, 0.25) is 5.89 Å². The zero-order chi connectivity index (χ0) is 11.1. The summed E-state index contributed by atoms with van der Waals surface area (Å²) in [4.78, 5) is 4.38. The minimum atomic E-state index is -0.174. The largest absolute Gasteiger partial charge is 0.339 e. The average molecular weight is 229 g/mol. The summed E-state index contributed by atoms with van der Waals surface area (Å²) in [5.74, 6) is 1.77. The summed E-state index contributed by atoms with van der Waals surface area (Å²) in [7, 11) is 0. The molecule has 0 N–H and O–H groups in total. The van der Waals surface area contributed by atoms with Crippen molar-refractivity contribution in [2.45, 2.75) is 51.3 Å². The van der Waals surface area contributed by atoms with Crippen molar-refractivity contribution in [3.05, 3.63) is 11.7 Å². The van der Waals surface area contributed by atoms with E-state index in [1.54, 1.807) is 0 Å². The quantitative estimate of drug-likeness (QED) is 0.725. The van der Waals surface area contributed by atoms with Crippen LogP contribution in [0.1, 0.15) is 63.0 Å². The predicted molar refractivity (Wildman–Crippen MR) is 58.9 cm³/mol. The highest BCUT2D eigenvalue weighted by molar-refractivity contribution is 6.20. The molecule has 1 aromatic rings. The number of nitrogens with zero attached hydrogens (tertiary/aromatic N) is 2. The maximum Gasteiger partial charge on any atom is 0.230 e. The first-order valence-corrected chi connectivity index (χ1v) is 5.92. The molecule has 4 heteroatoms. The highest BCUT2D eigenvalue weighted by Crippen LogP contribution is 2.48. The van der Waals surface area contributed by atoms with E-state index < -0.39 is 0 Å². The molecule has 1 aliphatic carbocycles. The van der Waals surface area contributed by atoms with Gasteiger partial charge in [0.1, 0.15) is 0 Å². The lowest BCUT2D eigenvalue weighted by Crippen LogP contribution is -2.15. The minimum Gasteiger partial charge on any atom is -0.339 e. The van der Waals surface area contributed by atoms with Crippen LogP contribution in [0.3, 0.4) is 0 Å². The van der Waals surface area contributed by atoms with E-state index in [4.69, 9.17) is 16.1 Å². The minimum absolute atomic E-state index is 0.174. The smallest absolute Gasteiger partial charge is 0.230 e. The third-order valence-corrected chi connectivity index (χ3v) is 3.56. The van der Waals surface area contributed by atoms with E-state index in [0.29, 0.717) is 11.7 Å². The van der Waals surface area contributed by atoms with Crippen molar-refractivity contribution in [1.82, 2.24) is 10.1 Å². The van der Waals surface area contributed by atoms with Gasteiger partial charge in [0.05, 0.1) is 5.38 Å². The normalized spacial score (nSPS) is 26.8. The van der Waals surface area contributed by atoms with Crippen LogP contribution in [0, 0.1) is 5.41 Å². The third-order valence-electron chi connectivity index (χ3n) is 3.37. The molecule has 2 atom stereocenters. The maximum atomic E-state index is 5.91. The molecule has 1 fully saturated rings. The molecule has 1 saturated carbocycles. The second-order valence-corrected chi connectivity index (χ2v) is 5.69. The molecule has 0 aliphatic heterocycles. The molecule has 84 valence electrons. The summed E-state index contributed by atoms with van der Waals surface area (Å²) in [5.41, 5.74) is 0.277. The van der Waals surface area contributed by atoms with Crippen LogP contribution in [0.25, 0.3) is 0 Å².